The summed E-state index contributed by atoms with van der Waals surface area (Å²) in [4.78, 5) is 13.0. The Hall–Kier alpha value is -3.73. The molecule has 1 atom stereocenters. The molecule has 0 amide bonds. The van der Waals surface area contributed by atoms with Gasteiger partial charge in [-0.2, -0.15) is 0 Å². The van der Waals surface area contributed by atoms with E-state index in [0.717, 1.165) is 11.1 Å². The number of Topliss-reactive ketones (excluding diaryl/α,β-unsaturated/α-hetero) is 1. The summed E-state index contributed by atoms with van der Waals surface area (Å²) in [6.45, 7) is 11.2. The number of ether oxygens (including phenoxy) is 1. The molecular formula is C25H24O5. The summed E-state index contributed by atoms with van der Waals surface area (Å²) in [7, 11) is 0. The van der Waals surface area contributed by atoms with Crippen molar-refractivity contribution < 1.29 is 24.9 Å². The Morgan fingerprint density at radius 3 is 2.10 bits per heavy atom. The fraction of sp³-hybridized carbons (Fsp3) is 0.160. The third kappa shape index (κ3) is 4.15. The van der Waals surface area contributed by atoms with Crippen molar-refractivity contribution >= 4 is 17.9 Å². The van der Waals surface area contributed by atoms with Crippen molar-refractivity contribution in [1.29, 1.82) is 0 Å². The van der Waals surface area contributed by atoms with Gasteiger partial charge in [0.05, 0.1) is 17.5 Å². The van der Waals surface area contributed by atoms with E-state index >= 15 is 0 Å². The van der Waals surface area contributed by atoms with Crippen LogP contribution in [0.5, 0.6) is 23.0 Å². The number of carbonyl (C=O) groups is 1. The number of aromatic hydroxyl groups is 3. The fourth-order valence-electron chi connectivity index (χ4n) is 3.22. The molecule has 5 heteroatoms. The topological polar surface area (TPSA) is 87.0 Å². The molecule has 154 valence electrons. The third-order valence-corrected chi connectivity index (χ3v) is 4.72. The highest BCUT2D eigenvalue weighted by atomic mass is 16.5. The van der Waals surface area contributed by atoms with Crippen LogP contribution in [0.25, 0.3) is 12.2 Å². The smallest absolute Gasteiger partial charge is 0.174 e. The van der Waals surface area contributed by atoms with Gasteiger partial charge in [0.15, 0.2) is 5.78 Å². The molecule has 5 nitrogen and oxygen atoms in total. The van der Waals surface area contributed by atoms with Crippen LogP contribution in [0.1, 0.15) is 53.4 Å². The highest BCUT2D eigenvalue weighted by Gasteiger charge is 2.34. The number of hydrogen-bond acceptors (Lipinski definition) is 5. The third-order valence-electron chi connectivity index (χ3n) is 4.72. The maximum absolute atomic E-state index is 13.0. The minimum absolute atomic E-state index is 0.0173. The summed E-state index contributed by atoms with van der Waals surface area (Å²) in [5.41, 5.74) is 2.60. The van der Waals surface area contributed by atoms with Gasteiger partial charge in [0.1, 0.15) is 34.7 Å². The Morgan fingerprint density at radius 2 is 1.53 bits per heavy atom. The Kier molecular flexibility index (Phi) is 5.83. The van der Waals surface area contributed by atoms with Gasteiger partial charge in [-0.1, -0.05) is 48.6 Å². The second-order valence-electron chi connectivity index (χ2n) is 7.41. The molecule has 0 saturated carbocycles. The van der Waals surface area contributed by atoms with Crippen LogP contribution in [-0.2, 0) is 0 Å². The summed E-state index contributed by atoms with van der Waals surface area (Å²) in [6, 6.07) is 6.37. The molecule has 1 heterocycles. The molecule has 0 unspecified atom stereocenters. The minimum atomic E-state index is -0.613. The van der Waals surface area contributed by atoms with E-state index in [1.165, 1.54) is 18.2 Å². The molecule has 0 saturated heterocycles. The standard InChI is InChI=1S/C25H24O5/c1-14(2)5-11-18-23(28)19(12-6-15(3)4)25-22(24(18)29)20(27)13-21(30-25)16-7-9-17(26)10-8-16/h5-12,21,26,28-29H,1,3,13H2,2,4H3/t21-/m0/s1. The van der Waals surface area contributed by atoms with Gasteiger partial charge in [0, 0.05) is 0 Å². The molecule has 3 rings (SSSR count). The van der Waals surface area contributed by atoms with Crippen LogP contribution in [0, 0.1) is 0 Å². The molecule has 0 aliphatic carbocycles. The van der Waals surface area contributed by atoms with Crippen LogP contribution >= 0.6 is 0 Å². The quantitative estimate of drug-likeness (QED) is 0.558. The number of carbonyl (C=O) groups excluding carboxylic acids is 1. The van der Waals surface area contributed by atoms with E-state index in [9.17, 15) is 20.1 Å². The highest BCUT2D eigenvalue weighted by molar-refractivity contribution is 6.05. The number of rotatable bonds is 5. The number of hydrogen-bond donors (Lipinski definition) is 3. The average Bonchev–Trinajstić information content (AvgIpc) is 2.67. The molecule has 2 aromatic carbocycles. The maximum atomic E-state index is 13.0. The number of fused-ring (bicyclic) bond motifs is 1. The van der Waals surface area contributed by atoms with Crippen molar-refractivity contribution in [1.82, 2.24) is 0 Å². The largest absolute Gasteiger partial charge is 0.508 e. The fourth-order valence-corrected chi connectivity index (χ4v) is 3.22. The summed E-state index contributed by atoms with van der Waals surface area (Å²) >= 11 is 0. The number of ketones is 1. The Labute approximate surface area is 175 Å². The van der Waals surface area contributed by atoms with E-state index in [-0.39, 0.29) is 51.9 Å². The first-order valence-electron chi connectivity index (χ1n) is 9.47. The van der Waals surface area contributed by atoms with Crippen molar-refractivity contribution in [3.63, 3.8) is 0 Å². The second-order valence-corrected chi connectivity index (χ2v) is 7.41. The first-order chi connectivity index (χ1) is 14.2. The lowest BCUT2D eigenvalue weighted by atomic mass is 9.90. The van der Waals surface area contributed by atoms with E-state index < -0.39 is 6.10 Å². The zero-order valence-electron chi connectivity index (χ0n) is 17.0. The predicted octanol–water partition coefficient (Wildman–Crippen LogP) is 5.69. The van der Waals surface area contributed by atoms with Gasteiger partial charge < -0.3 is 20.1 Å². The Balaban J connectivity index is 2.21. The number of phenols is 3. The van der Waals surface area contributed by atoms with E-state index in [4.69, 9.17) is 4.74 Å². The van der Waals surface area contributed by atoms with Gasteiger partial charge >= 0.3 is 0 Å². The number of phenolic OH excluding ortho intramolecular Hbond substituents is 3. The van der Waals surface area contributed by atoms with Crippen molar-refractivity contribution in [3.8, 4) is 23.0 Å². The van der Waals surface area contributed by atoms with E-state index in [2.05, 4.69) is 13.2 Å². The SMILES string of the molecule is C=C(C)C=Cc1c(O)c(C=CC(=C)C)c2c(c1O)C(=O)C[C@@H](c1ccc(O)cc1)O2. The minimum Gasteiger partial charge on any atom is -0.508 e. The maximum Gasteiger partial charge on any atom is 0.174 e. The van der Waals surface area contributed by atoms with Crippen LogP contribution in [0.2, 0.25) is 0 Å². The molecular weight excluding hydrogens is 380 g/mol. The monoisotopic (exact) mass is 404 g/mol. The molecule has 30 heavy (non-hydrogen) atoms. The summed E-state index contributed by atoms with van der Waals surface area (Å²) in [5.74, 6) is -0.622. The van der Waals surface area contributed by atoms with Gasteiger partial charge in [0.2, 0.25) is 0 Å². The lowest BCUT2D eigenvalue weighted by Crippen LogP contribution is -2.21. The van der Waals surface area contributed by atoms with Gasteiger partial charge in [-0.15, -0.1) is 0 Å². The number of benzene rings is 2. The first kappa shape index (κ1) is 21.0. The van der Waals surface area contributed by atoms with Gasteiger partial charge in [-0.3, -0.25) is 4.79 Å². The molecule has 0 fully saturated rings. The Bertz CT molecular complexity index is 1090. The molecule has 0 aromatic heterocycles. The van der Waals surface area contributed by atoms with Gasteiger partial charge in [0.25, 0.3) is 0 Å². The van der Waals surface area contributed by atoms with Crippen molar-refractivity contribution in [2.75, 3.05) is 0 Å². The van der Waals surface area contributed by atoms with E-state index in [0.29, 0.717) is 5.56 Å². The molecule has 1 aliphatic heterocycles. The van der Waals surface area contributed by atoms with Gasteiger partial charge in [-0.05, 0) is 43.7 Å². The average molecular weight is 404 g/mol. The van der Waals surface area contributed by atoms with Crippen LogP contribution in [0.4, 0.5) is 0 Å². The molecule has 0 spiro atoms. The summed E-state index contributed by atoms with van der Waals surface area (Å²) in [6.07, 6.45) is 5.87. The summed E-state index contributed by atoms with van der Waals surface area (Å²) in [5, 5.41) is 31.2. The molecule has 2 aromatic rings. The molecule has 0 bridgehead atoms. The molecule has 1 aliphatic rings. The first-order valence-corrected chi connectivity index (χ1v) is 9.47. The zero-order valence-corrected chi connectivity index (χ0v) is 17.0. The van der Waals surface area contributed by atoms with Crippen molar-refractivity contribution in [3.05, 3.63) is 83.0 Å². The Morgan fingerprint density at radius 1 is 0.967 bits per heavy atom. The van der Waals surface area contributed by atoms with Crippen LogP contribution in [0.3, 0.4) is 0 Å². The van der Waals surface area contributed by atoms with Crippen molar-refractivity contribution in [2.24, 2.45) is 0 Å². The van der Waals surface area contributed by atoms with E-state index in [1.54, 1.807) is 44.2 Å². The van der Waals surface area contributed by atoms with Crippen LogP contribution < -0.4 is 4.74 Å². The molecule has 0 radical (unpaired) electrons. The van der Waals surface area contributed by atoms with Crippen LogP contribution in [-0.4, -0.2) is 21.1 Å². The second kappa shape index (κ2) is 8.33. The highest BCUT2D eigenvalue weighted by Crippen LogP contribution is 2.49. The molecule has 3 N–H and O–H groups in total. The zero-order chi connectivity index (χ0) is 22.0. The van der Waals surface area contributed by atoms with E-state index in [1.807, 2.05) is 0 Å². The van der Waals surface area contributed by atoms with Crippen molar-refractivity contribution in [2.45, 2.75) is 26.4 Å². The van der Waals surface area contributed by atoms with Crippen LogP contribution in [0.15, 0.2) is 60.7 Å². The predicted molar refractivity (Wildman–Crippen MR) is 118 cm³/mol. The normalized spacial score (nSPS) is 15.9. The van der Waals surface area contributed by atoms with Gasteiger partial charge in [-0.25, -0.2) is 0 Å². The lowest BCUT2D eigenvalue weighted by molar-refractivity contribution is 0.0844. The lowest BCUT2D eigenvalue weighted by Gasteiger charge is -2.28. The number of allylic oxidation sites excluding steroid dienone is 4. The summed E-state index contributed by atoms with van der Waals surface area (Å²) < 4.78 is 6.09.